The molecule has 2 atom stereocenters. The molecule has 2 unspecified atom stereocenters. The Balaban J connectivity index is 2.65. The van der Waals surface area contributed by atoms with Crippen molar-refractivity contribution in [2.45, 2.75) is 32.9 Å². The fourth-order valence-electron chi connectivity index (χ4n) is 1.88. The summed E-state index contributed by atoms with van der Waals surface area (Å²) in [7, 11) is 2.16. The molecule has 0 fully saturated rings. The summed E-state index contributed by atoms with van der Waals surface area (Å²) >= 11 is 6.03. The van der Waals surface area contributed by atoms with E-state index in [4.69, 9.17) is 11.6 Å². The number of hydrogen-bond acceptors (Lipinski definition) is 2. The van der Waals surface area contributed by atoms with Crippen LogP contribution in [0.2, 0.25) is 5.02 Å². The van der Waals surface area contributed by atoms with Gasteiger partial charge in [-0.05, 0) is 45.1 Å². The molecule has 0 bridgehead atoms. The zero-order valence-corrected chi connectivity index (χ0v) is 12.0. The normalized spacial score (nSPS) is 14.9. The number of hydrogen-bond donors (Lipinski definition) is 1. The minimum atomic E-state index is 0.377. The molecule has 3 heteroatoms. The van der Waals surface area contributed by atoms with Gasteiger partial charge in [0.25, 0.3) is 0 Å². The monoisotopic (exact) mass is 254 g/mol. The van der Waals surface area contributed by atoms with E-state index in [2.05, 4.69) is 44.1 Å². The molecule has 0 saturated heterocycles. The molecule has 0 amide bonds. The van der Waals surface area contributed by atoms with Crippen LogP contribution in [-0.4, -0.2) is 31.1 Å². The quantitative estimate of drug-likeness (QED) is 0.838. The fourth-order valence-corrected chi connectivity index (χ4v) is 2.08. The van der Waals surface area contributed by atoms with Crippen LogP contribution in [-0.2, 0) is 0 Å². The van der Waals surface area contributed by atoms with Crippen molar-refractivity contribution in [2.75, 3.05) is 20.1 Å². The van der Waals surface area contributed by atoms with Gasteiger partial charge in [0.2, 0.25) is 0 Å². The van der Waals surface area contributed by atoms with Crippen molar-refractivity contribution in [3.8, 4) is 0 Å². The van der Waals surface area contributed by atoms with Gasteiger partial charge in [-0.2, -0.15) is 0 Å². The van der Waals surface area contributed by atoms with Crippen LogP contribution in [0.5, 0.6) is 0 Å². The van der Waals surface area contributed by atoms with Gasteiger partial charge in [-0.1, -0.05) is 30.7 Å². The third kappa shape index (κ3) is 4.30. The Kier molecular flexibility index (Phi) is 5.96. The first-order chi connectivity index (χ1) is 8.06. The molecule has 0 saturated carbocycles. The predicted octanol–water partition coefficient (Wildman–Crippen LogP) is 3.33. The Hall–Kier alpha value is -0.570. The Bertz CT molecular complexity index is 341. The van der Waals surface area contributed by atoms with Crippen LogP contribution in [0.3, 0.4) is 0 Å². The summed E-state index contributed by atoms with van der Waals surface area (Å²) in [6, 6.07) is 8.98. The summed E-state index contributed by atoms with van der Waals surface area (Å²) in [4.78, 5) is 2.37. The van der Waals surface area contributed by atoms with Gasteiger partial charge < -0.3 is 5.32 Å². The van der Waals surface area contributed by atoms with Crippen LogP contribution in [0.15, 0.2) is 24.3 Å². The van der Waals surface area contributed by atoms with E-state index in [1.165, 1.54) is 5.56 Å². The molecular formula is C14H23ClN2. The first-order valence-corrected chi connectivity index (χ1v) is 6.62. The average molecular weight is 255 g/mol. The molecule has 0 radical (unpaired) electrons. The SMILES string of the molecule is CCNCC(C)N(C)C(C)c1cccc(Cl)c1. The molecule has 17 heavy (non-hydrogen) atoms. The van der Waals surface area contributed by atoms with E-state index in [1.807, 2.05) is 18.2 Å². The number of rotatable bonds is 6. The first kappa shape index (κ1) is 14.5. The maximum atomic E-state index is 6.03. The van der Waals surface area contributed by atoms with Crippen LogP contribution in [0.25, 0.3) is 0 Å². The Labute approximate surface area is 110 Å². The molecule has 0 aromatic heterocycles. The van der Waals surface area contributed by atoms with E-state index in [9.17, 15) is 0 Å². The largest absolute Gasteiger partial charge is 0.315 e. The fraction of sp³-hybridized carbons (Fsp3) is 0.571. The molecule has 1 aromatic carbocycles. The lowest BCUT2D eigenvalue weighted by Gasteiger charge is -2.31. The van der Waals surface area contributed by atoms with Crippen LogP contribution >= 0.6 is 11.6 Å². The summed E-state index contributed by atoms with van der Waals surface area (Å²) in [6.45, 7) is 8.62. The predicted molar refractivity (Wildman–Crippen MR) is 75.6 cm³/mol. The molecule has 0 spiro atoms. The van der Waals surface area contributed by atoms with Crippen LogP contribution < -0.4 is 5.32 Å². The lowest BCUT2D eigenvalue weighted by atomic mass is 10.1. The van der Waals surface area contributed by atoms with Crippen molar-refractivity contribution in [1.82, 2.24) is 10.2 Å². The summed E-state index contributed by atoms with van der Waals surface area (Å²) in [5.74, 6) is 0. The van der Waals surface area contributed by atoms with E-state index in [0.717, 1.165) is 18.1 Å². The van der Waals surface area contributed by atoms with Gasteiger partial charge in [0.15, 0.2) is 0 Å². The van der Waals surface area contributed by atoms with Gasteiger partial charge >= 0.3 is 0 Å². The number of benzene rings is 1. The van der Waals surface area contributed by atoms with E-state index >= 15 is 0 Å². The van der Waals surface area contributed by atoms with Crippen LogP contribution in [0.1, 0.15) is 32.4 Å². The van der Waals surface area contributed by atoms with Gasteiger partial charge in [0.05, 0.1) is 0 Å². The van der Waals surface area contributed by atoms with Gasteiger partial charge in [-0.3, -0.25) is 4.90 Å². The van der Waals surface area contributed by atoms with Crippen molar-refractivity contribution in [3.63, 3.8) is 0 Å². The molecule has 0 heterocycles. The Morgan fingerprint density at radius 2 is 2.06 bits per heavy atom. The second-order valence-corrected chi connectivity index (χ2v) is 4.99. The zero-order chi connectivity index (χ0) is 12.8. The highest BCUT2D eigenvalue weighted by atomic mass is 35.5. The molecule has 0 aliphatic heterocycles. The lowest BCUT2D eigenvalue weighted by Crippen LogP contribution is -2.39. The van der Waals surface area contributed by atoms with Gasteiger partial charge in [0, 0.05) is 23.7 Å². The molecule has 96 valence electrons. The topological polar surface area (TPSA) is 15.3 Å². The zero-order valence-electron chi connectivity index (χ0n) is 11.2. The third-order valence-corrected chi connectivity index (χ3v) is 3.56. The number of nitrogens with one attached hydrogen (secondary N) is 1. The van der Waals surface area contributed by atoms with Crippen molar-refractivity contribution < 1.29 is 0 Å². The van der Waals surface area contributed by atoms with Crippen molar-refractivity contribution in [2.24, 2.45) is 0 Å². The number of likely N-dealkylation sites (N-methyl/N-ethyl adjacent to an activating group) is 2. The van der Waals surface area contributed by atoms with E-state index in [0.29, 0.717) is 12.1 Å². The second kappa shape index (κ2) is 7.00. The number of halogens is 1. The van der Waals surface area contributed by atoms with E-state index < -0.39 is 0 Å². The van der Waals surface area contributed by atoms with Crippen LogP contribution in [0.4, 0.5) is 0 Å². The third-order valence-electron chi connectivity index (χ3n) is 3.33. The molecule has 2 nitrogen and oxygen atoms in total. The van der Waals surface area contributed by atoms with E-state index in [1.54, 1.807) is 0 Å². The Morgan fingerprint density at radius 3 is 2.65 bits per heavy atom. The van der Waals surface area contributed by atoms with Crippen molar-refractivity contribution >= 4 is 11.6 Å². The van der Waals surface area contributed by atoms with Crippen LogP contribution in [0, 0.1) is 0 Å². The highest BCUT2D eigenvalue weighted by Crippen LogP contribution is 2.23. The average Bonchev–Trinajstić information content (AvgIpc) is 2.34. The maximum absolute atomic E-state index is 6.03. The lowest BCUT2D eigenvalue weighted by molar-refractivity contribution is 0.194. The molecule has 1 rings (SSSR count). The smallest absolute Gasteiger partial charge is 0.0409 e. The maximum Gasteiger partial charge on any atom is 0.0409 e. The van der Waals surface area contributed by atoms with E-state index in [-0.39, 0.29) is 0 Å². The van der Waals surface area contributed by atoms with Crippen molar-refractivity contribution in [1.29, 1.82) is 0 Å². The number of nitrogens with zero attached hydrogens (tertiary/aromatic N) is 1. The minimum Gasteiger partial charge on any atom is -0.315 e. The molecule has 1 aromatic rings. The first-order valence-electron chi connectivity index (χ1n) is 6.24. The summed E-state index contributed by atoms with van der Waals surface area (Å²) in [6.07, 6.45) is 0. The highest BCUT2D eigenvalue weighted by molar-refractivity contribution is 6.30. The Morgan fingerprint density at radius 1 is 1.35 bits per heavy atom. The summed E-state index contributed by atoms with van der Waals surface area (Å²) in [5, 5.41) is 4.19. The highest BCUT2D eigenvalue weighted by Gasteiger charge is 2.16. The van der Waals surface area contributed by atoms with Gasteiger partial charge in [-0.15, -0.1) is 0 Å². The summed E-state index contributed by atoms with van der Waals surface area (Å²) < 4.78 is 0. The second-order valence-electron chi connectivity index (χ2n) is 4.55. The van der Waals surface area contributed by atoms with Crippen molar-refractivity contribution in [3.05, 3.63) is 34.9 Å². The molecular weight excluding hydrogens is 232 g/mol. The minimum absolute atomic E-state index is 0.377. The molecule has 0 aliphatic rings. The molecule has 0 aliphatic carbocycles. The van der Waals surface area contributed by atoms with Gasteiger partial charge in [-0.25, -0.2) is 0 Å². The standard InChI is InChI=1S/C14H23ClN2/c1-5-16-10-11(2)17(4)12(3)13-7-6-8-14(15)9-13/h6-9,11-12,16H,5,10H2,1-4H3. The molecule has 1 N–H and O–H groups in total. The summed E-state index contributed by atoms with van der Waals surface area (Å²) in [5.41, 5.74) is 1.27. The van der Waals surface area contributed by atoms with Gasteiger partial charge in [0.1, 0.15) is 0 Å².